The van der Waals surface area contributed by atoms with E-state index in [2.05, 4.69) is 11.0 Å². The minimum atomic E-state index is 0.0176. The summed E-state index contributed by atoms with van der Waals surface area (Å²) in [5, 5.41) is 0. The first kappa shape index (κ1) is 21.0. The Morgan fingerprint density at radius 1 is 0.939 bits per heavy atom. The Hall–Kier alpha value is -3.87. The second-order valence-electron chi connectivity index (χ2n) is 8.09. The van der Waals surface area contributed by atoms with Gasteiger partial charge in [-0.25, -0.2) is 0 Å². The van der Waals surface area contributed by atoms with Crippen molar-refractivity contribution in [2.45, 2.75) is 6.54 Å². The topological polar surface area (TPSA) is 60.1 Å². The van der Waals surface area contributed by atoms with Crippen molar-refractivity contribution in [3.63, 3.8) is 0 Å². The fraction of sp³-hybridized carbons (Fsp3) is 0.269. The Labute approximate surface area is 192 Å². The fourth-order valence-electron chi connectivity index (χ4n) is 4.48. The molecule has 0 spiro atoms. The van der Waals surface area contributed by atoms with Crippen LogP contribution < -0.4 is 14.4 Å². The molecular formula is C26H27N3O4. The number of hydrogen-bond donors (Lipinski definition) is 0. The zero-order valence-electron chi connectivity index (χ0n) is 18.9. The summed E-state index contributed by atoms with van der Waals surface area (Å²) in [4.78, 5) is 17.7. The van der Waals surface area contributed by atoms with Crippen LogP contribution in [-0.4, -0.2) is 55.8 Å². The molecule has 5 rings (SSSR count). The largest absolute Gasteiger partial charge is 0.497 e. The molecule has 4 aromatic rings. The first-order valence-corrected chi connectivity index (χ1v) is 11.0. The third-order valence-electron chi connectivity index (χ3n) is 6.21. The molecule has 2 aromatic heterocycles. The van der Waals surface area contributed by atoms with Gasteiger partial charge >= 0.3 is 0 Å². The maximum absolute atomic E-state index is 13.6. The number of carbonyl (C=O) groups is 1. The number of rotatable bonds is 6. The maximum Gasteiger partial charge on any atom is 0.270 e. The first-order chi connectivity index (χ1) is 16.2. The third-order valence-corrected chi connectivity index (χ3v) is 6.21. The summed E-state index contributed by atoms with van der Waals surface area (Å²) in [5.74, 6) is 1.66. The highest BCUT2D eigenvalue weighted by atomic mass is 16.5. The van der Waals surface area contributed by atoms with Gasteiger partial charge in [0.2, 0.25) is 0 Å². The molecule has 0 radical (unpaired) electrons. The Morgan fingerprint density at radius 3 is 2.55 bits per heavy atom. The standard InChI is InChI=1S/C26H27N3O4/c1-31-20-7-5-6-19(16-20)18-29-22-10-15-33-25(22)17-23(29)26(30)28-13-11-27(12-14-28)21-8-3-4-9-24(21)32-2/h3-10,15-17H,11-14,18H2,1-2H3. The first-order valence-electron chi connectivity index (χ1n) is 11.0. The van der Waals surface area contributed by atoms with E-state index in [4.69, 9.17) is 13.9 Å². The Kier molecular flexibility index (Phi) is 5.69. The summed E-state index contributed by atoms with van der Waals surface area (Å²) in [6.45, 7) is 3.34. The lowest BCUT2D eigenvalue weighted by Crippen LogP contribution is -2.49. The highest BCUT2D eigenvalue weighted by molar-refractivity contribution is 5.97. The van der Waals surface area contributed by atoms with Crippen LogP contribution in [0.25, 0.3) is 11.1 Å². The van der Waals surface area contributed by atoms with Gasteiger partial charge in [-0.1, -0.05) is 24.3 Å². The van der Waals surface area contributed by atoms with Gasteiger partial charge in [0.05, 0.1) is 31.7 Å². The van der Waals surface area contributed by atoms with Gasteiger partial charge in [-0.05, 0) is 29.8 Å². The predicted molar refractivity (Wildman–Crippen MR) is 127 cm³/mol. The van der Waals surface area contributed by atoms with Gasteiger partial charge in [-0.3, -0.25) is 4.79 Å². The number of para-hydroxylation sites is 2. The Bertz CT molecular complexity index is 1270. The van der Waals surface area contributed by atoms with Crippen LogP contribution in [0.4, 0.5) is 5.69 Å². The molecule has 0 bridgehead atoms. The minimum absolute atomic E-state index is 0.0176. The average Bonchev–Trinajstić information content (AvgIpc) is 3.46. The summed E-state index contributed by atoms with van der Waals surface area (Å²) in [6, 6.07) is 19.7. The summed E-state index contributed by atoms with van der Waals surface area (Å²) in [7, 11) is 3.34. The maximum atomic E-state index is 13.6. The molecule has 0 N–H and O–H groups in total. The molecule has 1 aliphatic heterocycles. The quantitative estimate of drug-likeness (QED) is 0.444. The van der Waals surface area contributed by atoms with E-state index in [1.807, 2.05) is 64.1 Å². The molecule has 33 heavy (non-hydrogen) atoms. The normalized spacial score (nSPS) is 14.0. The van der Waals surface area contributed by atoms with Crippen LogP contribution in [0.15, 0.2) is 71.3 Å². The lowest BCUT2D eigenvalue weighted by atomic mass is 10.2. The van der Waals surface area contributed by atoms with E-state index in [1.165, 1.54) is 0 Å². The number of aromatic nitrogens is 1. The summed E-state index contributed by atoms with van der Waals surface area (Å²) in [5.41, 5.74) is 4.38. The van der Waals surface area contributed by atoms with E-state index >= 15 is 0 Å². The number of methoxy groups -OCH3 is 2. The van der Waals surface area contributed by atoms with Gasteiger partial charge in [0.15, 0.2) is 5.58 Å². The molecule has 2 aromatic carbocycles. The number of carbonyl (C=O) groups excluding carboxylic acids is 1. The molecule has 3 heterocycles. The number of ether oxygens (including phenoxy) is 2. The van der Waals surface area contributed by atoms with Crippen LogP contribution in [0, 0.1) is 0 Å². The third kappa shape index (κ3) is 4.02. The second kappa shape index (κ2) is 8.94. The number of piperazine rings is 1. The van der Waals surface area contributed by atoms with Crippen molar-refractivity contribution in [1.29, 1.82) is 0 Å². The number of hydrogen-bond acceptors (Lipinski definition) is 5. The molecule has 7 heteroatoms. The van der Waals surface area contributed by atoms with Crippen molar-refractivity contribution < 1.29 is 18.7 Å². The molecule has 7 nitrogen and oxygen atoms in total. The van der Waals surface area contributed by atoms with Crippen LogP contribution >= 0.6 is 0 Å². The van der Waals surface area contributed by atoms with Crippen molar-refractivity contribution in [2.75, 3.05) is 45.3 Å². The number of nitrogens with zero attached hydrogens (tertiary/aromatic N) is 3. The number of furan rings is 1. The van der Waals surface area contributed by atoms with Crippen molar-refractivity contribution in [2.24, 2.45) is 0 Å². The van der Waals surface area contributed by atoms with Gasteiger partial charge in [0.1, 0.15) is 17.2 Å². The molecule has 0 atom stereocenters. The van der Waals surface area contributed by atoms with E-state index < -0.39 is 0 Å². The van der Waals surface area contributed by atoms with Crippen molar-refractivity contribution in [1.82, 2.24) is 9.47 Å². The summed E-state index contributed by atoms with van der Waals surface area (Å²) >= 11 is 0. The monoisotopic (exact) mass is 445 g/mol. The molecule has 0 unspecified atom stereocenters. The number of anilines is 1. The fourth-order valence-corrected chi connectivity index (χ4v) is 4.48. The highest BCUT2D eigenvalue weighted by Gasteiger charge is 2.27. The van der Waals surface area contributed by atoms with Crippen LogP contribution in [-0.2, 0) is 6.54 Å². The van der Waals surface area contributed by atoms with E-state index in [9.17, 15) is 4.79 Å². The highest BCUT2D eigenvalue weighted by Crippen LogP contribution is 2.29. The van der Waals surface area contributed by atoms with Gasteiger partial charge in [0, 0.05) is 44.9 Å². The number of fused-ring (bicyclic) bond motifs is 1. The van der Waals surface area contributed by atoms with Crippen molar-refractivity contribution >= 4 is 22.7 Å². The molecule has 1 amide bonds. The summed E-state index contributed by atoms with van der Waals surface area (Å²) < 4.78 is 18.5. The molecule has 1 fully saturated rings. The van der Waals surface area contributed by atoms with Crippen LogP contribution in [0.5, 0.6) is 11.5 Å². The van der Waals surface area contributed by atoms with Gasteiger partial charge in [0.25, 0.3) is 5.91 Å². The van der Waals surface area contributed by atoms with Gasteiger partial charge in [-0.2, -0.15) is 0 Å². The lowest BCUT2D eigenvalue weighted by molar-refractivity contribution is 0.0736. The Balaban J connectivity index is 1.37. The van der Waals surface area contributed by atoms with Gasteiger partial charge in [-0.15, -0.1) is 0 Å². The SMILES string of the molecule is COc1cccc(Cn2c(C(=O)N3CCN(c4ccccc4OC)CC3)cc3occc32)c1. The molecular weight excluding hydrogens is 418 g/mol. The molecule has 1 saturated heterocycles. The smallest absolute Gasteiger partial charge is 0.270 e. The Morgan fingerprint density at radius 2 is 1.76 bits per heavy atom. The predicted octanol–water partition coefficient (Wildman–Crippen LogP) is 4.26. The minimum Gasteiger partial charge on any atom is -0.497 e. The van der Waals surface area contributed by atoms with Crippen molar-refractivity contribution in [3.8, 4) is 11.5 Å². The second-order valence-corrected chi connectivity index (χ2v) is 8.09. The number of amides is 1. The molecule has 0 saturated carbocycles. The lowest BCUT2D eigenvalue weighted by Gasteiger charge is -2.36. The van der Waals surface area contributed by atoms with E-state index in [0.717, 1.165) is 41.4 Å². The van der Waals surface area contributed by atoms with Crippen LogP contribution in [0.3, 0.4) is 0 Å². The zero-order chi connectivity index (χ0) is 22.8. The van der Waals surface area contributed by atoms with Crippen LogP contribution in [0.2, 0.25) is 0 Å². The molecule has 1 aliphatic rings. The van der Waals surface area contributed by atoms with Crippen molar-refractivity contribution in [3.05, 3.63) is 78.2 Å². The zero-order valence-corrected chi connectivity index (χ0v) is 18.9. The van der Waals surface area contributed by atoms with Crippen LogP contribution in [0.1, 0.15) is 16.1 Å². The van der Waals surface area contributed by atoms with E-state index in [0.29, 0.717) is 30.9 Å². The van der Waals surface area contributed by atoms with Gasteiger partial charge < -0.3 is 28.3 Å². The van der Waals surface area contributed by atoms with E-state index in [-0.39, 0.29) is 5.91 Å². The average molecular weight is 446 g/mol. The molecule has 0 aliphatic carbocycles. The van der Waals surface area contributed by atoms with E-state index in [1.54, 1.807) is 20.5 Å². The molecule has 170 valence electrons. The summed E-state index contributed by atoms with van der Waals surface area (Å²) in [6.07, 6.45) is 1.66. The number of benzene rings is 2.